The Morgan fingerprint density at radius 3 is 2.71 bits per heavy atom. The normalized spacial score (nSPS) is 14.0. The molecule has 0 fully saturated rings. The standard InChI is InChI=1S/C24H15BrClIN2O6/c1-33-21-10-14(8-19(27)22(21)34-12-13-3-2-4-15(25)7-13)9-20-24(30)35-23(28-20)17-6-5-16(29(31)32)11-18(17)26/h2-11H,12H2,1H3/b20-9-. The highest BCUT2D eigenvalue weighted by molar-refractivity contribution is 14.1. The van der Waals surface area contributed by atoms with Crippen LogP contribution in [0.15, 0.2) is 69.8 Å². The third-order valence-corrected chi connectivity index (χ3v) is 6.45. The molecule has 0 aromatic heterocycles. The molecule has 0 saturated heterocycles. The van der Waals surface area contributed by atoms with Crippen LogP contribution in [-0.4, -0.2) is 23.9 Å². The highest BCUT2D eigenvalue weighted by Gasteiger charge is 2.27. The van der Waals surface area contributed by atoms with E-state index in [1.807, 2.05) is 30.3 Å². The average molecular weight is 670 g/mol. The minimum absolute atomic E-state index is 0.0308. The van der Waals surface area contributed by atoms with Crippen LogP contribution in [0.2, 0.25) is 5.02 Å². The summed E-state index contributed by atoms with van der Waals surface area (Å²) < 4.78 is 18.5. The number of benzene rings is 3. The molecule has 0 saturated carbocycles. The van der Waals surface area contributed by atoms with Crippen molar-refractivity contribution in [3.05, 3.63) is 100 Å². The molecule has 35 heavy (non-hydrogen) atoms. The fourth-order valence-electron chi connectivity index (χ4n) is 3.22. The average Bonchev–Trinajstić information content (AvgIpc) is 3.17. The molecule has 1 aliphatic rings. The number of hydrogen-bond donors (Lipinski definition) is 0. The van der Waals surface area contributed by atoms with Crippen molar-refractivity contribution in [1.82, 2.24) is 0 Å². The molecule has 0 bridgehead atoms. The number of aliphatic imine (C=N–C) groups is 1. The zero-order valence-electron chi connectivity index (χ0n) is 18.0. The van der Waals surface area contributed by atoms with Crippen LogP contribution in [0.25, 0.3) is 6.08 Å². The number of cyclic esters (lactones) is 1. The third-order valence-electron chi connectivity index (χ3n) is 4.84. The summed E-state index contributed by atoms with van der Waals surface area (Å²) in [7, 11) is 1.53. The number of nitro benzene ring substituents is 1. The molecule has 8 nitrogen and oxygen atoms in total. The van der Waals surface area contributed by atoms with Crippen molar-refractivity contribution in [2.24, 2.45) is 4.99 Å². The number of carbonyl (C=O) groups excluding carboxylic acids is 1. The maximum atomic E-state index is 12.4. The summed E-state index contributed by atoms with van der Waals surface area (Å²) in [6.07, 6.45) is 1.55. The van der Waals surface area contributed by atoms with Crippen LogP contribution in [0.1, 0.15) is 16.7 Å². The Hall–Kier alpha value is -2.96. The van der Waals surface area contributed by atoms with Crippen molar-refractivity contribution >= 4 is 73.8 Å². The number of nitrogens with zero attached hydrogens (tertiary/aromatic N) is 2. The van der Waals surface area contributed by atoms with Gasteiger partial charge < -0.3 is 14.2 Å². The Bertz CT molecular complexity index is 1410. The van der Waals surface area contributed by atoms with Gasteiger partial charge in [-0.15, -0.1) is 0 Å². The monoisotopic (exact) mass is 668 g/mol. The van der Waals surface area contributed by atoms with E-state index in [0.29, 0.717) is 23.7 Å². The summed E-state index contributed by atoms with van der Waals surface area (Å²) >= 11 is 11.7. The summed E-state index contributed by atoms with van der Waals surface area (Å²) in [6.45, 7) is 0.349. The van der Waals surface area contributed by atoms with Crippen molar-refractivity contribution < 1.29 is 23.9 Å². The van der Waals surface area contributed by atoms with Crippen LogP contribution < -0.4 is 9.47 Å². The van der Waals surface area contributed by atoms with Gasteiger partial charge in [-0.2, -0.15) is 0 Å². The quantitative estimate of drug-likeness (QED) is 0.0931. The third kappa shape index (κ3) is 5.82. The molecule has 0 aliphatic carbocycles. The summed E-state index contributed by atoms with van der Waals surface area (Å²) in [5.74, 6) is 0.369. The van der Waals surface area contributed by atoms with Gasteiger partial charge in [-0.1, -0.05) is 39.7 Å². The van der Waals surface area contributed by atoms with E-state index in [9.17, 15) is 14.9 Å². The summed E-state index contributed by atoms with van der Waals surface area (Å²) in [5, 5.41) is 11.0. The number of carbonyl (C=O) groups is 1. The first-order chi connectivity index (χ1) is 16.7. The smallest absolute Gasteiger partial charge is 0.363 e. The molecule has 0 unspecified atom stereocenters. The van der Waals surface area contributed by atoms with Gasteiger partial charge in [0.05, 0.1) is 26.2 Å². The minimum atomic E-state index is -0.668. The predicted molar refractivity (Wildman–Crippen MR) is 143 cm³/mol. The fraction of sp³-hybridized carbons (Fsp3) is 0.0833. The van der Waals surface area contributed by atoms with E-state index in [4.69, 9.17) is 25.8 Å². The molecule has 1 aliphatic heterocycles. The fourth-order valence-corrected chi connectivity index (χ4v) is 4.70. The number of halogens is 3. The molecule has 3 aromatic rings. The van der Waals surface area contributed by atoms with E-state index < -0.39 is 10.9 Å². The van der Waals surface area contributed by atoms with Gasteiger partial charge in [-0.3, -0.25) is 10.1 Å². The number of ether oxygens (including phenoxy) is 3. The maximum Gasteiger partial charge on any atom is 0.363 e. The molecule has 178 valence electrons. The Morgan fingerprint density at radius 1 is 1.23 bits per heavy atom. The number of methoxy groups -OCH3 is 1. The van der Waals surface area contributed by atoms with Gasteiger partial charge in [0.2, 0.25) is 5.90 Å². The van der Waals surface area contributed by atoms with Crippen LogP contribution in [-0.2, 0) is 16.1 Å². The topological polar surface area (TPSA) is 100 Å². The van der Waals surface area contributed by atoms with Gasteiger partial charge >= 0.3 is 5.97 Å². The molecular formula is C24H15BrClIN2O6. The Labute approximate surface area is 227 Å². The molecule has 0 amide bonds. The molecule has 1 heterocycles. The minimum Gasteiger partial charge on any atom is -0.493 e. The van der Waals surface area contributed by atoms with Gasteiger partial charge in [-0.05, 0) is 70.1 Å². The number of rotatable bonds is 7. The first kappa shape index (κ1) is 25.1. The molecule has 3 aromatic carbocycles. The largest absolute Gasteiger partial charge is 0.493 e. The van der Waals surface area contributed by atoms with Crippen LogP contribution in [0.3, 0.4) is 0 Å². The van der Waals surface area contributed by atoms with E-state index in [1.165, 1.54) is 25.3 Å². The summed E-state index contributed by atoms with van der Waals surface area (Å²) in [4.78, 5) is 27.0. The second-order valence-electron chi connectivity index (χ2n) is 7.21. The van der Waals surface area contributed by atoms with Crippen molar-refractivity contribution in [2.75, 3.05) is 7.11 Å². The Morgan fingerprint density at radius 2 is 2.03 bits per heavy atom. The zero-order chi connectivity index (χ0) is 25.1. The number of hydrogen-bond acceptors (Lipinski definition) is 7. The van der Waals surface area contributed by atoms with Gasteiger partial charge in [0, 0.05) is 16.6 Å². The van der Waals surface area contributed by atoms with E-state index in [1.54, 1.807) is 12.1 Å². The number of esters is 1. The van der Waals surface area contributed by atoms with E-state index >= 15 is 0 Å². The van der Waals surface area contributed by atoms with E-state index in [-0.39, 0.29) is 27.9 Å². The number of non-ortho nitro benzene ring substituents is 1. The lowest BCUT2D eigenvalue weighted by atomic mass is 10.1. The van der Waals surface area contributed by atoms with Crippen LogP contribution in [0.4, 0.5) is 5.69 Å². The highest BCUT2D eigenvalue weighted by atomic mass is 127. The van der Waals surface area contributed by atoms with E-state index in [0.717, 1.165) is 13.6 Å². The SMILES string of the molecule is COc1cc(/C=C2\N=C(c3ccc([N+](=O)[O-])cc3Cl)OC2=O)cc(I)c1OCc1cccc(Br)c1. The Kier molecular flexibility index (Phi) is 7.72. The van der Waals surface area contributed by atoms with Gasteiger partial charge in [0.25, 0.3) is 5.69 Å². The number of nitro groups is 1. The molecule has 4 rings (SSSR count). The molecule has 0 radical (unpaired) electrons. The predicted octanol–water partition coefficient (Wildman–Crippen LogP) is 6.55. The van der Waals surface area contributed by atoms with Crippen molar-refractivity contribution in [2.45, 2.75) is 6.61 Å². The lowest BCUT2D eigenvalue weighted by molar-refractivity contribution is -0.384. The van der Waals surface area contributed by atoms with Gasteiger partial charge in [-0.25, -0.2) is 9.79 Å². The first-order valence-electron chi connectivity index (χ1n) is 9.97. The summed E-state index contributed by atoms with van der Waals surface area (Å²) in [5.41, 5.74) is 1.78. The van der Waals surface area contributed by atoms with Crippen molar-refractivity contribution in [1.29, 1.82) is 0 Å². The lowest BCUT2D eigenvalue weighted by Crippen LogP contribution is -2.06. The van der Waals surface area contributed by atoms with Gasteiger partial charge in [0.1, 0.15) is 6.61 Å². The highest BCUT2D eigenvalue weighted by Crippen LogP contribution is 2.36. The second-order valence-corrected chi connectivity index (χ2v) is 9.70. The zero-order valence-corrected chi connectivity index (χ0v) is 22.5. The van der Waals surface area contributed by atoms with E-state index in [2.05, 4.69) is 43.5 Å². The molecule has 0 atom stereocenters. The molecular weight excluding hydrogens is 655 g/mol. The second kappa shape index (κ2) is 10.8. The van der Waals surface area contributed by atoms with Crippen molar-refractivity contribution in [3.8, 4) is 11.5 Å². The maximum absolute atomic E-state index is 12.4. The van der Waals surface area contributed by atoms with Crippen LogP contribution >= 0.6 is 50.1 Å². The Balaban J connectivity index is 1.60. The van der Waals surface area contributed by atoms with Crippen LogP contribution in [0, 0.1) is 13.7 Å². The molecule has 11 heteroatoms. The lowest BCUT2D eigenvalue weighted by Gasteiger charge is -2.14. The molecule has 0 spiro atoms. The van der Waals surface area contributed by atoms with Crippen LogP contribution in [0.5, 0.6) is 11.5 Å². The molecule has 0 N–H and O–H groups in total. The first-order valence-corrected chi connectivity index (χ1v) is 12.2. The van der Waals surface area contributed by atoms with Crippen molar-refractivity contribution in [3.63, 3.8) is 0 Å². The summed E-state index contributed by atoms with van der Waals surface area (Å²) in [6, 6.07) is 15.2. The van der Waals surface area contributed by atoms with Gasteiger partial charge in [0.15, 0.2) is 17.2 Å².